The van der Waals surface area contributed by atoms with E-state index in [-0.39, 0.29) is 12.1 Å². The van der Waals surface area contributed by atoms with Crippen molar-refractivity contribution in [1.82, 2.24) is 40.2 Å². The lowest BCUT2D eigenvalue weighted by Gasteiger charge is -2.34. The first-order valence-electron chi connectivity index (χ1n) is 9.18. The molecule has 142 valence electrons. The van der Waals surface area contributed by atoms with E-state index < -0.39 is 0 Å². The average molecular weight is 368 g/mol. The number of carbonyl (C=O) groups is 1. The maximum absolute atomic E-state index is 12.9. The van der Waals surface area contributed by atoms with Crippen molar-refractivity contribution >= 4 is 6.03 Å². The Morgan fingerprint density at radius 3 is 3.07 bits per heavy atom. The van der Waals surface area contributed by atoms with Gasteiger partial charge in [0.2, 0.25) is 0 Å². The highest BCUT2D eigenvalue weighted by molar-refractivity contribution is 5.75. The van der Waals surface area contributed by atoms with E-state index in [1.54, 1.807) is 17.2 Å². The second-order valence-corrected chi connectivity index (χ2v) is 6.85. The van der Waals surface area contributed by atoms with Crippen LogP contribution in [0, 0.1) is 6.92 Å². The molecular weight excluding hydrogens is 344 g/mol. The first kappa shape index (κ1) is 17.3. The lowest BCUT2D eigenvalue weighted by Crippen LogP contribution is -2.46. The van der Waals surface area contributed by atoms with Gasteiger partial charge in [-0.25, -0.2) is 9.78 Å². The predicted molar refractivity (Wildman–Crippen MR) is 99.1 cm³/mol. The highest BCUT2D eigenvalue weighted by Crippen LogP contribution is 2.32. The molecule has 1 aliphatic rings. The molecule has 0 saturated carbocycles. The van der Waals surface area contributed by atoms with Crippen molar-refractivity contribution in [3.8, 4) is 0 Å². The van der Waals surface area contributed by atoms with Crippen LogP contribution in [0.2, 0.25) is 0 Å². The Morgan fingerprint density at radius 2 is 2.33 bits per heavy atom. The summed E-state index contributed by atoms with van der Waals surface area (Å²) in [5.74, 6) is 0. The summed E-state index contributed by atoms with van der Waals surface area (Å²) in [6.45, 7) is 3.26. The SMILES string of the molecule is Cc1[nH]ncc1CCCNC(=O)N1CCc2[nH]cnc2C1c1ccnn1C. The molecule has 1 aliphatic heterocycles. The number of fused-ring (bicyclic) bond motifs is 1. The van der Waals surface area contributed by atoms with E-state index in [2.05, 4.69) is 30.6 Å². The Balaban J connectivity index is 1.44. The van der Waals surface area contributed by atoms with Crippen molar-refractivity contribution in [2.75, 3.05) is 13.1 Å². The minimum atomic E-state index is -0.233. The zero-order valence-corrected chi connectivity index (χ0v) is 15.6. The van der Waals surface area contributed by atoms with Gasteiger partial charge in [-0.2, -0.15) is 10.2 Å². The predicted octanol–water partition coefficient (Wildman–Crippen LogP) is 1.46. The summed E-state index contributed by atoms with van der Waals surface area (Å²) >= 11 is 0. The van der Waals surface area contributed by atoms with Gasteiger partial charge in [-0.05, 0) is 31.4 Å². The second kappa shape index (κ2) is 7.26. The van der Waals surface area contributed by atoms with E-state index in [0.29, 0.717) is 13.1 Å². The Morgan fingerprint density at radius 1 is 1.44 bits per heavy atom. The van der Waals surface area contributed by atoms with Crippen LogP contribution >= 0.6 is 0 Å². The van der Waals surface area contributed by atoms with E-state index in [0.717, 1.165) is 42.0 Å². The van der Waals surface area contributed by atoms with Crippen molar-refractivity contribution in [1.29, 1.82) is 0 Å². The van der Waals surface area contributed by atoms with Gasteiger partial charge in [-0.1, -0.05) is 0 Å². The molecular formula is C18H24N8O. The van der Waals surface area contributed by atoms with Gasteiger partial charge < -0.3 is 15.2 Å². The number of urea groups is 1. The molecule has 3 N–H and O–H groups in total. The van der Waals surface area contributed by atoms with Crippen LogP contribution < -0.4 is 5.32 Å². The lowest BCUT2D eigenvalue weighted by molar-refractivity contribution is 0.176. The fraction of sp³-hybridized carbons (Fsp3) is 0.444. The zero-order valence-electron chi connectivity index (χ0n) is 15.6. The number of hydrogen-bond donors (Lipinski definition) is 3. The molecule has 0 aromatic carbocycles. The molecule has 0 aliphatic carbocycles. The summed E-state index contributed by atoms with van der Waals surface area (Å²) in [7, 11) is 1.89. The quantitative estimate of drug-likeness (QED) is 0.593. The maximum atomic E-state index is 12.9. The molecule has 3 aromatic heterocycles. The second-order valence-electron chi connectivity index (χ2n) is 6.85. The number of H-pyrrole nitrogens is 2. The van der Waals surface area contributed by atoms with Crippen LogP contribution in [0.5, 0.6) is 0 Å². The van der Waals surface area contributed by atoms with Crippen LogP contribution in [0.3, 0.4) is 0 Å². The van der Waals surface area contributed by atoms with E-state index in [4.69, 9.17) is 0 Å². The van der Waals surface area contributed by atoms with Crippen molar-refractivity contribution in [2.24, 2.45) is 7.05 Å². The molecule has 0 saturated heterocycles. The summed E-state index contributed by atoms with van der Waals surface area (Å²) in [6.07, 6.45) is 7.81. The topological polar surface area (TPSA) is 108 Å². The third-order valence-electron chi connectivity index (χ3n) is 5.16. The van der Waals surface area contributed by atoms with Crippen LogP contribution in [-0.2, 0) is 19.9 Å². The van der Waals surface area contributed by atoms with Gasteiger partial charge in [0.05, 0.1) is 23.9 Å². The number of imidazole rings is 1. The smallest absolute Gasteiger partial charge is 0.318 e. The third kappa shape index (κ3) is 3.32. The van der Waals surface area contributed by atoms with Gasteiger partial charge in [-0.3, -0.25) is 9.78 Å². The number of aryl methyl sites for hydroxylation is 3. The van der Waals surface area contributed by atoms with Gasteiger partial charge in [0.15, 0.2) is 0 Å². The molecule has 0 fully saturated rings. The summed E-state index contributed by atoms with van der Waals surface area (Å²) in [5, 5.41) is 14.3. The number of aromatic nitrogens is 6. The van der Waals surface area contributed by atoms with Crippen LogP contribution in [0.15, 0.2) is 24.8 Å². The fourth-order valence-corrected chi connectivity index (χ4v) is 3.65. The first-order chi connectivity index (χ1) is 13.1. The molecule has 27 heavy (non-hydrogen) atoms. The van der Waals surface area contributed by atoms with E-state index in [1.807, 2.05) is 31.1 Å². The third-order valence-corrected chi connectivity index (χ3v) is 5.16. The molecule has 2 amide bonds. The minimum Gasteiger partial charge on any atom is -0.348 e. The lowest BCUT2D eigenvalue weighted by atomic mass is 10.00. The van der Waals surface area contributed by atoms with Crippen molar-refractivity contribution in [3.63, 3.8) is 0 Å². The Kier molecular flexibility index (Phi) is 4.66. The van der Waals surface area contributed by atoms with Gasteiger partial charge in [-0.15, -0.1) is 0 Å². The van der Waals surface area contributed by atoms with Crippen LogP contribution in [-0.4, -0.2) is 54.0 Å². The summed E-state index contributed by atoms with van der Waals surface area (Å²) in [5.41, 5.74) is 5.21. The average Bonchev–Trinajstić information content (AvgIpc) is 3.39. The standard InChI is InChI=1S/C18H24N8O/c1-12-13(10-22-24-12)4-3-7-19-18(27)26-9-6-14-16(21-11-20-14)17(26)15-5-8-23-25(15)2/h5,8,10-11,17H,3-4,6-7,9H2,1-2H3,(H,19,27)(H,20,21)(H,22,24). The molecule has 1 atom stereocenters. The van der Waals surface area contributed by atoms with Crippen molar-refractivity contribution in [2.45, 2.75) is 32.2 Å². The summed E-state index contributed by atoms with van der Waals surface area (Å²) in [6, 6.07) is 1.64. The maximum Gasteiger partial charge on any atom is 0.318 e. The Labute approximate surface area is 157 Å². The molecule has 0 bridgehead atoms. The highest BCUT2D eigenvalue weighted by atomic mass is 16.2. The number of rotatable bonds is 5. The zero-order chi connectivity index (χ0) is 18.8. The molecule has 9 nitrogen and oxygen atoms in total. The normalized spacial score (nSPS) is 16.4. The number of aromatic amines is 2. The number of amides is 2. The number of hydrogen-bond acceptors (Lipinski definition) is 4. The van der Waals surface area contributed by atoms with Gasteiger partial charge in [0.1, 0.15) is 6.04 Å². The first-order valence-corrected chi connectivity index (χ1v) is 9.18. The van der Waals surface area contributed by atoms with Gasteiger partial charge >= 0.3 is 6.03 Å². The van der Waals surface area contributed by atoms with Crippen molar-refractivity contribution < 1.29 is 4.79 Å². The summed E-state index contributed by atoms with van der Waals surface area (Å²) in [4.78, 5) is 22.4. The Hall–Kier alpha value is -3.10. The largest absolute Gasteiger partial charge is 0.348 e. The molecule has 4 heterocycles. The van der Waals surface area contributed by atoms with Gasteiger partial charge in [0, 0.05) is 44.1 Å². The Bertz CT molecular complexity index is 923. The molecule has 3 aromatic rings. The van der Waals surface area contributed by atoms with Crippen LogP contribution in [0.25, 0.3) is 0 Å². The number of nitrogens with zero attached hydrogens (tertiary/aromatic N) is 5. The number of nitrogens with one attached hydrogen (secondary N) is 3. The molecule has 9 heteroatoms. The minimum absolute atomic E-state index is 0.0706. The van der Waals surface area contributed by atoms with Gasteiger partial charge in [0.25, 0.3) is 0 Å². The summed E-state index contributed by atoms with van der Waals surface area (Å²) < 4.78 is 1.80. The molecule has 4 rings (SSSR count). The monoisotopic (exact) mass is 368 g/mol. The van der Waals surface area contributed by atoms with E-state index >= 15 is 0 Å². The molecule has 1 unspecified atom stereocenters. The number of carbonyl (C=O) groups excluding carboxylic acids is 1. The highest BCUT2D eigenvalue weighted by Gasteiger charge is 2.35. The molecule has 0 spiro atoms. The van der Waals surface area contributed by atoms with E-state index in [1.165, 1.54) is 5.56 Å². The molecule has 0 radical (unpaired) electrons. The van der Waals surface area contributed by atoms with Crippen molar-refractivity contribution in [3.05, 3.63) is 53.1 Å². The van der Waals surface area contributed by atoms with E-state index in [9.17, 15) is 4.79 Å². The fourth-order valence-electron chi connectivity index (χ4n) is 3.65. The van der Waals surface area contributed by atoms with Crippen LogP contribution in [0.4, 0.5) is 4.79 Å². The van der Waals surface area contributed by atoms with Crippen LogP contribution in [0.1, 0.15) is 40.8 Å².